The van der Waals surface area contributed by atoms with Gasteiger partial charge in [0.25, 0.3) is 5.56 Å². The molecule has 0 saturated heterocycles. The summed E-state index contributed by atoms with van der Waals surface area (Å²) in [5.74, 6) is 2.82. The Morgan fingerprint density at radius 3 is 3.12 bits per heavy atom. The van der Waals surface area contributed by atoms with Crippen molar-refractivity contribution >= 4 is 11.8 Å². The van der Waals surface area contributed by atoms with Gasteiger partial charge in [0.05, 0.1) is 5.69 Å². The lowest BCUT2D eigenvalue weighted by Gasteiger charge is -2.03. The Bertz CT molecular complexity index is 601. The molecule has 82 valence electrons. The van der Waals surface area contributed by atoms with Crippen LogP contribution in [-0.4, -0.2) is 19.5 Å². The molecule has 5 nitrogen and oxygen atoms in total. The van der Waals surface area contributed by atoms with E-state index < -0.39 is 0 Å². The number of hydrogen-bond donors (Lipinski definition) is 1. The Morgan fingerprint density at radius 1 is 1.50 bits per heavy atom. The molecule has 0 radical (unpaired) electrons. The lowest BCUT2D eigenvalue weighted by atomic mass is 10.3. The summed E-state index contributed by atoms with van der Waals surface area (Å²) in [6.07, 6.45) is 3.52. The maximum atomic E-state index is 11.8. The van der Waals surface area contributed by atoms with Gasteiger partial charge in [0.15, 0.2) is 11.6 Å². The van der Waals surface area contributed by atoms with Crippen molar-refractivity contribution in [2.24, 2.45) is 7.05 Å². The fraction of sp³-hybridized carbons (Fsp3) is 0.300. The number of aryl methyl sites for hydroxylation is 1. The Morgan fingerprint density at radius 2 is 2.38 bits per heavy atom. The standard InChI is InChI=1S/C10H10N4OS/c1-14-3-2-11-9(14)8-12-7-5-16-4-6(7)10(15)13-8/h2-3H,4-5H2,1H3,(H,12,13,15). The zero-order valence-electron chi connectivity index (χ0n) is 8.73. The van der Waals surface area contributed by atoms with Crippen molar-refractivity contribution in [2.45, 2.75) is 11.5 Å². The van der Waals surface area contributed by atoms with Gasteiger partial charge in [-0.2, -0.15) is 11.8 Å². The van der Waals surface area contributed by atoms with Gasteiger partial charge in [-0.05, 0) is 0 Å². The highest BCUT2D eigenvalue weighted by molar-refractivity contribution is 7.98. The van der Waals surface area contributed by atoms with Gasteiger partial charge >= 0.3 is 0 Å². The van der Waals surface area contributed by atoms with Crippen LogP contribution in [0.1, 0.15) is 11.3 Å². The van der Waals surface area contributed by atoms with Crippen LogP contribution in [-0.2, 0) is 18.6 Å². The number of aromatic nitrogens is 4. The molecule has 0 atom stereocenters. The highest BCUT2D eigenvalue weighted by Gasteiger charge is 2.19. The molecule has 0 fully saturated rings. The van der Waals surface area contributed by atoms with Crippen LogP contribution in [0, 0.1) is 0 Å². The monoisotopic (exact) mass is 234 g/mol. The molecule has 0 aromatic carbocycles. The van der Waals surface area contributed by atoms with Crippen molar-refractivity contribution in [3.05, 3.63) is 34.0 Å². The second-order valence-corrected chi connectivity index (χ2v) is 4.68. The zero-order chi connectivity index (χ0) is 11.1. The Hall–Kier alpha value is -1.56. The first-order chi connectivity index (χ1) is 7.75. The third-order valence-electron chi connectivity index (χ3n) is 2.62. The van der Waals surface area contributed by atoms with E-state index in [1.165, 1.54) is 0 Å². The van der Waals surface area contributed by atoms with Crippen molar-refractivity contribution in [2.75, 3.05) is 0 Å². The largest absolute Gasteiger partial charge is 0.331 e. The van der Waals surface area contributed by atoms with Gasteiger partial charge < -0.3 is 9.55 Å². The smallest absolute Gasteiger partial charge is 0.255 e. The summed E-state index contributed by atoms with van der Waals surface area (Å²) in [6.45, 7) is 0. The van der Waals surface area contributed by atoms with Gasteiger partial charge in [0.1, 0.15) is 0 Å². The lowest BCUT2D eigenvalue weighted by Crippen LogP contribution is -2.16. The highest BCUT2D eigenvalue weighted by atomic mass is 32.2. The SMILES string of the molecule is Cn1ccnc1-c1nc2c(c(=O)[nH]1)CSC2. The van der Waals surface area contributed by atoms with Crippen LogP contribution in [0.2, 0.25) is 0 Å². The number of thioether (sulfide) groups is 1. The summed E-state index contributed by atoms with van der Waals surface area (Å²) in [6, 6.07) is 0. The van der Waals surface area contributed by atoms with Crippen LogP contribution in [0.3, 0.4) is 0 Å². The summed E-state index contributed by atoms with van der Waals surface area (Å²) in [7, 11) is 1.88. The molecule has 1 N–H and O–H groups in total. The first-order valence-corrected chi connectivity index (χ1v) is 6.08. The maximum Gasteiger partial charge on any atom is 0.255 e. The van der Waals surface area contributed by atoms with E-state index >= 15 is 0 Å². The number of nitrogens with zero attached hydrogens (tertiary/aromatic N) is 3. The van der Waals surface area contributed by atoms with Gasteiger partial charge in [-0.25, -0.2) is 9.97 Å². The first-order valence-electron chi connectivity index (χ1n) is 4.93. The molecule has 1 aliphatic heterocycles. The molecule has 0 amide bonds. The Balaban J connectivity index is 2.21. The number of imidazole rings is 1. The van der Waals surface area contributed by atoms with Crippen molar-refractivity contribution in [1.29, 1.82) is 0 Å². The summed E-state index contributed by atoms with van der Waals surface area (Å²) < 4.78 is 1.84. The van der Waals surface area contributed by atoms with E-state index in [0.29, 0.717) is 11.6 Å². The third-order valence-corrected chi connectivity index (χ3v) is 3.59. The summed E-state index contributed by atoms with van der Waals surface area (Å²) in [5, 5.41) is 0. The predicted molar refractivity (Wildman–Crippen MR) is 62.1 cm³/mol. The summed E-state index contributed by atoms with van der Waals surface area (Å²) in [5.41, 5.74) is 1.67. The number of hydrogen-bond acceptors (Lipinski definition) is 4. The molecular formula is C10H10N4OS. The fourth-order valence-electron chi connectivity index (χ4n) is 1.76. The van der Waals surface area contributed by atoms with Crippen molar-refractivity contribution in [3.8, 4) is 11.6 Å². The van der Waals surface area contributed by atoms with Crippen LogP contribution < -0.4 is 5.56 Å². The Kier molecular flexibility index (Phi) is 2.10. The van der Waals surface area contributed by atoms with Gasteiger partial charge in [-0.1, -0.05) is 0 Å². The zero-order valence-corrected chi connectivity index (χ0v) is 9.54. The van der Waals surface area contributed by atoms with E-state index in [2.05, 4.69) is 15.0 Å². The molecule has 16 heavy (non-hydrogen) atoms. The minimum atomic E-state index is -0.0343. The molecular weight excluding hydrogens is 224 g/mol. The lowest BCUT2D eigenvalue weighted by molar-refractivity contribution is 0.895. The molecule has 3 rings (SSSR count). The normalized spacial score (nSPS) is 14.1. The van der Waals surface area contributed by atoms with Gasteiger partial charge in [-0.15, -0.1) is 0 Å². The number of H-pyrrole nitrogens is 1. The number of aromatic amines is 1. The molecule has 0 spiro atoms. The van der Waals surface area contributed by atoms with Crippen LogP contribution in [0.15, 0.2) is 17.2 Å². The molecule has 6 heteroatoms. The van der Waals surface area contributed by atoms with Crippen molar-refractivity contribution in [1.82, 2.24) is 19.5 Å². The number of nitrogens with one attached hydrogen (secondary N) is 1. The fourth-order valence-corrected chi connectivity index (χ4v) is 2.80. The minimum Gasteiger partial charge on any atom is -0.331 e. The molecule has 0 aliphatic carbocycles. The number of rotatable bonds is 1. The Labute approximate surface area is 95.9 Å². The molecule has 0 saturated carbocycles. The van der Waals surface area contributed by atoms with Crippen LogP contribution >= 0.6 is 11.8 Å². The summed E-state index contributed by atoms with van der Waals surface area (Å²) >= 11 is 1.72. The molecule has 0 bridgehead atoms. The molecule has 0 unspecified atom stereocenters. The quantitative estimate of drug-likeness (QED) is 0.797. The van der Waals surface area contributed by atoms with E-state index in [9.17, 15) is 4.79 Å². The number of fused-ring (bicyclic) bond motifs is 1. The van der Waals surface area contributed by atoms with Gasteiger partial charge in [-0.3, -0.25) is 4.79 Å². The van der Waals surface area contributed by atoms with E-state index in [4.69, 9.17) is 0 Å². The second kappa shape index (κ2) is 3.48. The van der Waals surface area contributed by atoms with Crippen LogP contribution in [0.5, 0.6) is 0 Å². The first kappa shape index (κ1) is 9.65. The van der Waals surface area contributed by atoms with E-state index in [1.807, 2.05) is 17.8 Å². The average Bonchev–Trinajstić information content (AvgIpc) is 2.85. The molecule has 2 aromatic rings. The van der Waals surface area contributed by atoms with Crippen LogP contribution in [0.25, 0.3) is 11.6 Å². The third kappa shape index (κ3) is 1.37. The molecule has 1 aliphatic rings. The van der Waals surface area contributed by atoms with Gasteiger partial charge in [0.2, 0.25) is 0 Å². The van der Waals surface area contributed by atoms with E-state index in [-0.39, 0.29) is 5.56 Å². The predicted octanol–water partition coefficient (Wildman–Crippen LogP) is 0.917. The van der Waals surface area contributed by atoms with Gasteiger partial charge in [0, 0.05) is 36.5 Å². The highest BCUT2D eigenvalue weighted by Crippen LogP contribution is 2.26. The van der Waals surface area contributed by atoms with Crippen molar-refractivity contribution < 1.29 is 0 Å². The molecule has 3 heterocycles. The van der Waals surface area contributed by atoms with Crippen LogP contribution in [0.4, 0.5) is 0 Å². The topological polar surface area (TPSA) is 63.6 Å². The van der Waals surface area contributed by atoms with E-state index in [0.717, 1.165) is 22.8 Å². The van der Waals surface area contributed by atoms with E-state index in [1.54, 1.807) is 18.0 Å². The second-order valence-electron chi connectivity index (χ2n) is 3.69. The average molecular weight is 234 g/mol. The molecule has 2 aromatic heterocycles. The summed E-state index contributed by atoms with van der Waals surface area (Å²) in [4.78, 5) is 23.2. The maximum absolute atomic E-state index is 11.8. The van der Waals surface area contributed by atoms with Crippen molar-refractivity contribution in [3.63, 3.8) is 0 Å². The minimum absolute atomic E-state index is 0.0343.